The molecule has 6 nitrogen and oxygen atoms in total. The number of hydrogen-bond acceptors (Lipinski definition) is 3. The van der Waals surface area contributed by atoms with Gasteiger partial charge in [0, 0.05) is 49.2 Å². The Morgan fingerprint density at radius 1 is 1.18 bits per heavy atom. The summed E-state index contributed by atoms with van der Waals surface area (Å²) in [7, 11) is 0. The van der Waals surface area contributed by atoms with Gasteiger partial charge < -0.3 is 15.6 Å². The number of carbonyl (C=O) groups excluding carboxylic acids is 2. The van der Waals surface area contributed by atoms with E-state index in [9.17, 15) is 14.0 Å². The first-order chi connectivity index (χ1) is 16.4. The van der Waals surface area contributed by atoms with Crippen LogP contribution in [0.3, 0.4) is 0 Å². The average molecular weight is 461 g/mol. The smallest absolute Gasteiger partial charge is 0.253 e. The quantitative estimate of drug-likeness (QED) is 0.519. The molecule has 2 aliphatic heterocycles. The number of rotatable bonds is 6. The van der Waals surface area contributed by atoms with E-state index in [0.717, 1.165) is 43.0 Å². The van der Waals surface area contributed by atoms with Crippen LogP contribution in [0.1, 0.15) is 50.8 Å². The van der Waals surface area contributed by atoms with Crippen molar-refractivity contribution in [1.82, 2.24) is 15.2 Å². The zero-order chi connectivity index (χ0) is 23.8. The monoisotopic (exact) mass is 460 g/mol. The number of halogens is 1. The fourth-order valence-electron chi connectivity index (χ4n) is 5.26. The summed E-state index contributed by atoms with van der Waals surface area (Å²) in [5, 5.41) is 6.03. The van der Waals surface area contributed by atoms with Gasteiger partial charge in [-0.2, -0.15) is 0 Å². The molecule has 34 heavy (non-hydrogen) atoms. The van der Waals surface area contributed by atoms with E-state index in [1.165, 1.54) is 17.7 Å². The Kier molecular flexibility index (Phi) is 5.96. The second kappa shape index (κ2) is 9.06. The SMILES string of the molecule is Cc1[nH]c(CC2C(=O)Nc3ccc(F)cc32)c(C)c1C(=O)NC1CCN(Cc2ccccc2)C1. The van der Waals surface area contributed by atoms with Crippen LogP contribution in [0.15, 0.2) is 48.5 Å². The van der Waals surface area contributed by atoms with Crippen LogP contribution in [0.4, 0.5) is 10.1 Å². The number of nitrogens with zero attached hydrogens (tertiary/aromatic N) is 1. The summed E-state index contributed by atoms with van der Waals surface area (Å²) in [6.07, 6.45) is 1.30. The number of carbonyl (C=O) groups is 2. The molecule has 2 aliphatic rings. The molecule has 2 amide bonds. The molecule has 2 atom stereocenters. The second-order valence-electron chi connectivity index (χ2n) is 9.39. The van der Waals surface area contributed by atoms with Gasteiger partial charge in [-0.05, 0) is 55.2 Å². The number of benzene rings is 2. The third-order valence-corrected chi connectivity index (χ3v) is 7.00. The van der Waals surface area contributed by atoms with Crippen LogP contribution in [-0.4, -0.2) is 40.8 Å². The van der Waals surface area contributed by atoms with Gasteiger partial charge in [-0.25, -0.2) is 4.39 Å². The van der Waals surface area contributed by atoms with Gasteiger partial charge in [0.05, 0.1) is 11.5 Å². The lowest BCUT2D eigenvalue weighted by molar-refractivity contribution is -0.117. The minimum absolute atomic E-state index is 0.0913. The first-order valence-electron chi connectivity index (χ1n) is 11.7. The highest BCUT2D eigenvalue weighted by Gasteiger charge is 2.33. The third-order valence-electron chi connectivity index (χ3n) is 7.00. The van der Waals surface area contributed by atoms with Crippen LogP contribution in [-0.2, 0) is 17.8 Å². The van der Waals surface area contributed by atoms with Crippen LogP contribution in [0.5, 0.6) is 0 Å². The van der Waals surface area contributed by atoms with Crippen molar-refractivity contribution in [2.45, 2.75) is 45.2 Å². The summed E-state index contributed by atoms with van der Waals surface area (Å²) in [5.74, 6) is -1.09. The number of fused-ring (bicyclic) bond motifs is 1. The van der Waals surface area contributed by atoms with Gasteiger partial charge in [0.25, 0.3) is 5.91 Å². The van der Waals surface area contributed by atoms with Gasteiger partial charge in [-0.3, -0.25) is 14.5 Å². The molecule has 0 spiro atoms. The topological polar surface area (TPSA) is 77.2 Å². The maximum absolute atomic E-state index is 13.8. The van der Waals surface area contributed by atoms with Crippen LogP contribution in [0, 0.1) is 19.7 Å². The van der Waals surface area contributed by atoms with Crippen LogP contribution in [0.2, 0.25) is 0 Å². The molecule has 1 fully saturated rings. The normalized spacial score (nSPS) is 19.8. The molecule has 0 bridgehead atoms. The van der Waals surface area contributed by atoms with E-state index in [4.69, 9.17) is 0 Å². The maximum Gasteiger partial charge on any atom is 0.253 e. The first kappa shape index (κ1) is 22.3. The van der Waals surface area contributed by atoms with Crippen molar-refractivity contribution in [2.75, 3.05) is 18.4 Å². The molecule has 2 unspecified atom stereocenters. The lowest BCUT2D eigenvalue weighted by atomic mass is 9.94. The van der Waals surface area contributed by atoms with Gasteiger partial charge in [0.1, 0.15) is 5.82 Å². The summed E-state index contributed by atoms with van der Waals surface area (Å²) >= 11 is 0. The predicted octanol–water partition coefficient (Wildman–Crippen LogP) is 4.05. The molecular weight excluding hydrogens is 431 g/mol. The van der Waals surface area contributed by atoms with Crippen molar-refractivity contribution in [3.05, 3.63) is 88.0 Å². The van der Waals surface area contributed by atoms with Gasteiger partial charge in [0.15, 0.2) is 0 Å². The highest BCUT2D eigenvalue weighted by Crippen LogP contribution is 2.36. The molecule has 3 heterocycles. The number of amides is 2. The van der Waals surface area contributed by atoms with E-state index >= 15 is 0 Å². The number of aromatic nitrogens is 1. The third kappa shape index (κ3) is 4.35. The second-order valence-corrected chi connectivity index (χ2v) is 9.39. The summed E-state index contributed by atoms with van der Waals surface area (Å²) in [6.45, 7) is 6.43. The van der Waals surface area contributed by atoms with E-state index in [-0.39, 0.29) is 23.7 Å². The summed E-state index contributed by atoms with van der Waals surface area (Å²) in [5.41, 5.74) is 5.66. The van der Waals surface area contributed by atoms with Gasteiger partial charge >= 0.3 is 0 Å². The lowest BCUT2D eigenvalue weighted by Gasteiger charge is -2.17. The zero-order valence-corrected chi connectivity index (χ0v) is 19.5. The van der Waals surface area contributed by atoms with Gasteiger partial charge in [-0.15, -0.1) is 0 Å². The Morgan fingerprint density at radius 3 is 2.76 bits per heavy atom. The summed E-state index contributed by atoms with van der Waals surface area (Å²) in [6, 6.07) is 14.8. The van der Waals surface area contributed by atoms with E-state index in [2.05, 4.69) is 32.7 Å². The van der Waals surface area contributed by atoms with Gasteiger partial charge in [0.2, 0.25) is 5.91 Å². The van der Waals surface area contributed by atoms with Crippen LogP contribution < -0.4 is 10.6 Å². The molecule has 0 aliphatic carbocycles. The number of aryl methyl sites for hydroxylation is 1. The van der Waals surface area contributed by atoms with Crippen molar-refractivity contribution in [3.63, 3.8) is 0 Å². The summed E-state index contributed by atoms with van der Waals surface area (Å²) in [4.78, 5) is 31.4. The number of aromatic amines is 1. The van der Waals surface area contributed by atoms with Crippen LogP contribution >= 0.6 is 0 Å². The highest BCUT2D eigenvalue weighted by atomic mass is 19.1. The molecule has 7 heteroatoms. The number of hydrogen-bond donors (Lipinski definition) is 3. The number of nitrogens with one attached hydrogen (secondary N) is 3. The van der Waals surface area contributed by atoms with Crippen LogP contribution in [0.25, 0.3) is 0 Å². The number of likely N-dealkylation sites (tertiary alicyclic amines) is 1. The molecule has 3 aromatic rings. The van der Waals surface area contributed by atoms with E-state index in [0.29, 0.717) is 23.2 Å². The first-order valence-corrected chi connectivity index (χ1v) is 11.7. The lowest BCUT2D eigenvalue weighted by Crippen LogP contribution is -2.37. The largest absolute Gasteiger partial charge is 0.362 e. The predicted molar refractivity (Wildman–Crippen MR) is 129 cm³/mol. The number of H-pyrrole nitrogens is 1. The number of anilines is 1. The molecule has 1 saturated heterocycles. The van der Waals surface area contributed by atoms with Crippen molar-refractivity contribution in [2.24, 2.45) is 0 Å². The van der Waals surface area contributed by atoms with Crippen molar-refractivity contribution >= 4 is 17.5 Å². The molecule has 0 radical (unpaired) electrons. The van der Waals surface area contributed by atoms with Crippen molar-refractivity contribution < 1.29 is 14.0 Å². The van der Waals surface area contributed by atoms with E-state index < -0.39 is 5.92 Å². The van der Waals surface area contributed by atoms with Gasteiger partial charge in [-0.1, -0.05) is 30.3 Å². The molecule has 176 valence electrons. The molecule has 0 saturated carbocycles. The van der Waals surface area contributed by atoms with Crippen molar-refractivity contribution in [1.29, 1.82) is 0 Å². The molecule has 2 aromatic carbocycles. The van der Waals surface area contributed by atoms with E-state index in [1.807, 2.05) is 32.0 Å². The Balaban J connectivity index is 1.26. The molecule has 5 rings (SSSR count). The average Bonchev–Trinajstić information content (AvgIpc) is 3.45. The Labute approximate surface area is 198 Å². The molecule has 1 aromatic heterocycles. The van der Waals surface area contributed by atoms with E-state index in [1.54, 1.807) is 6.07 Å². The minimum Gasteiger partial charge on any atom is -0.362 e. The summed E-state index contributed by atoms with van der Waals surface area (Å²) < 4.78 is 13.8. The Hall–Kier alpha value is -3.45. The fourth-order valence-corrected chi connectivity index (χ4v) is 5.26. The maximum atomic E-state index is 13.8. The highest BCUT2D eigenvalue weighted by molar-refractivity contribution is 6.03. The standard InChI is InChI=1S/C27H29FN4O2/c1-16-24(13-22-21-12-19(28)8-9-23(21)31-26(22)33)29-17(2)25(16)27(34)30-20-10-11-32(15-20)14-18-6-4-3-5-7-18/h3-9,12,20,22,29H,10-11,13-15H2,1-2H3,(H,30,34)(H,31,33). The fraction of sp³-hybridized carbons (Fsp3) is 0.333. The zero-order valence-electron chi connectivity index (χ0n) is 19.5. The molecular formula is C27H29FN4O2. The Bertz CT molecular complexity index is 1240. The van der Waals surface area contributed by atoms with Crippen molar-refractivity contribution in [3.8, 4) is 0 Å². The molecule has 3 N–H and O–H groups in total. The Morgan fingerprint density at radius 2 is 1.97 bits per heavy atom. The minimum atomic E-state index is -0.486.